The van der Waals surface area contributed by atoms with Crippen molar-refractivity contribution in [2.45, 2.75) is 18.4 Å². The molecule has 1 aromatic carbocycles. The second-order valence-electron chi connectivity index (χ2n) is 6.29. The lowest BCUT2D eigenvalue weighted by molar-refractivity contribution is -0.118. The summed E-state index contributed by atoms with van der Waals surface area (Å²) >= 11 is 0. The van der Waals surface area contributed by atoms with Gasteiger partial charge in [-0.1, -0.05) is 6.07 Å². The minimum Gasteiger partial charge on any atom is -0.465 e. The molecule has 0 spiro atoms. The normalized spacial score (nSPS) is 19.4. The number of carbonyl (C=O) groups excluding carboxylic acids is 1. The van der Waals surface area contributed by atoms with Crippen LogP contribution in [0.2, 0.25) is 0 Å². The van der Waals surface area contributed by atoms with Crippen LogP contribution in [0.5, 0.6) is 0 Å². The van der Waals surface area contributed by atoms with Crippen LogP contribution in [0.3, 0.4) is 0 Å². The van der Waals surface area contributed by atoms with Gasteiger partial charge in [0.25, 0.3) is 0 Å². The molecule has 0 radical (unpaired) electrons. The average Bonchev–Trinajstić information content (AvgIpc) is 3.11. The number of hydrogen-bond acceptors (Lipinski definition) is 3. The number of nitrogens with zero attached hydrogens (tertiary/aromatic N) is 2. The molecular formula is C19H14F4N2O3. The summed E-state index contributed by atoms with van der Waals surface area (Å²) in [5.74, 6) is -8.17. The molecule has 2 heterocycles. The summed E-state index contributed by atoms with van der Waals surface area (Å²) in [6.07, 6.45) is 3.79. The van der Waals surface area contributed by atoms with Gasteiger partial charge < -0.3 is 5.11 Å². The molecule has 1 aliphatic rings. The molecule has 1 amide bonds. The van der Waals surface area contributed by atoms with E-state index in [0.29, 0.717) is 10.5 Å². The number of ketones is 1. The molecule has 1 aliphatic heterocycles. The number of rotatable bonds is 4. The Labute approximate surface area is 156 Å². The summed E-state index contributed by atoms with van der Waals surface area (Å²) in [4.78, 5) is 28.5. The van der Waals surface area contributed by atoms with E-state index in [2.05, 4.69) is 4.98 Å². The fourth-order valence-corrected chi connectivity index (χ4v) is 3.24. The highest BCUT2D eigenvalue weighted by atomic mass is 19.2. The SMILES string of the molecule is O=C(C=Cc1cccnc1)C1CC(c2c(F)c(F)cc(F)c2F)CN1C(=O)O. The van der Waals surface area contributed by atoms with Gasteiger partial charge in [0.05, 0.1) is 6.04 Å². The highest BCUT2D eigenvalue weighted by molar-refractivity contribution is 5.99. The number of aromatic nitrogens is 1. The first kappa shape index (κ1) is 19.5. The van der Waals surface area contributed by atoms with Crippen molar-refractivity contribution < 1.29 is 32.3 Å². The third kappa shape index (κ3) is 3.73. The summed E-state index contributed by atoms with van der Waals surface area (Å²) in [5, 5.41) is 9.33. The van der Waals surface area contributed by atoms with E-state index in [4.69, 9.17) is 0 Å². The average molecular weight is 394 g/mol. The molecule has 2 atom stereocenters. The van der Waals surface area contributed by atoms with Gasteiger partial charge in [-0.15, -0.1) is 0 Å². The molecule has 2 aromatic rings. The van der Waals surface area contributed by atoms with E-state index in [9.17, 15) is 32.3 Å². The smallest absolute Gasteiger partial charge is 0.407 e. The van der Waals surface area contributed by atoms with Crippen molar-refractivity contribution in [3.63, 3.8) is 0 Å². The standard InChI is InChI=1S/C19H14F4N2O3/c20-12-7-13(21)18(23)16(17(12)22)11-6-14(25(9-11)19(27)28)15(26)4-3-10-2-1-5-24-8-10/h1-5,7-8,11,14H,6,9H2,(H,27,28). The number of carbonyl (C=O) groups is 2. The largest absolute Gasteiger partial charge is 0.465 e. The highest BCUT2D eigenvalue weighted by Crippen LogP contribution is 2.36. The van der Waals surface area contributed by atoms with Crippen molar-refractivity contribution in [1.29, 1.82) is 0 Å². The fraction of sp³-hybridized carbons (Fsp3) is 0.211. The maximum atomic E-state index is 14.1. The number of likely N-dealkylation sites (tertiary alicyclic amines) is 1. The van der Waals surface area contributed by atoms with Crippen LogP contribution in [0, 0.1) is 23.3 Å². The van der Waals surface area contributed by atoms with E-state index in [1.54, 1.807) is 12.1 Å². The predicted molar refractivity (Wildman–Crippen MR) is 90.4 cm³/mol. The molecule has 1 aromatic heterocycles. The van der Waals surface area contributed by atoms with Crippen LogP contribution >= 0.6 is 0 Å². The van der Waals surface area contributed by atoms with Crippen LogP contribution in [0.25, 0.3) is 6.08 Å². The predicted octanol–water partition coefficient (Wildman–Crippen LogP) is 3.76. The fourth-order valence-electron chi connectivity index (χ4n) is 3.24. The summed E-state index contributed by atoms with van der Waals surface area (Å²) in [6.45, 7) is -0.469. The topological polar surface area (TPSA) is 70.5 Å². The molecule has 28 heavy (non-hydrogen) atoms. The third-order valence-electron chi connectivity index (χ3n) is 4.55. The Morgan fingerprint density at radius 3 is 2.43 bits per heavy atom. The Kier molecular flexibility index (Phi) is 5.43. The number of hydrogen-bond donors (Lipinski definition) is 1. The van der Waals surface area contributed by atoms with E-state index in [1.165, 1.54) is 18.5 Å². The van der Waals surface area contributed by atoms with Crippen molar-refractivity contribution in [2.75, 3.05) is 6.54 Å². The second-order valence-corrected chi connectivity index (χ2v) is 6.29. The monoisotopic (exact) mass is 394 g/mol. The summed E-state index contributed by atoms with van der Waals surface area (Å²) in [5.41, 5.74) is -0.299. The van der Waals surface area contributed by atoms with Crippen LogP contribution < -0.4 is 0 Å². The van der Waals surface area contributed by atoms with Gasteiger partial charge in [-0.05, 0) is 30.2 Å². The Balaban J connectivity index is 1.89. The molecule has 1 saturated heterocycles. The van der Waals surface area contributed by atoms with Gasteiger partial charge in [0, 0.05) is 36.5 Å². The van der Waals surface area contributed by atoms with Crippen LogP contribution in [-0.4, -0.2) is 39.5 Å². The quantitative estimate of drug-likeness (QED) is 0.487. The van der Waals surface area contributed by atoms with Gasteiger partial charge in [-0.2, -0.15) is 0 Å². The zero-order chi connectivity index (χ0) is 20.4. The van der Waals surface area contributed by atoms with E-state index in [1.807, 2.05) is 0 Å². The Morgan fingerprint density at radius 1 is 1.18 bits per heavy atom. The maximum absolute atomic E-state index is 14.1. The van der Waals surface area contributed by atoms with Crippen LogP contribution in [0.15, 0.2) is 36.7 Å². The van der Waals surface area contributed by atoms with E-state index < -0.39 is 59.2 Å². The van der Waals surface area contributed by atoms with Gasteiger partial charge in [0.2, 0.25) is 0 Å². The van der Waals surface area contributed by atoms with E-state index >= 15 is 0 Å². The van der Waals surface area contributed by atoms with Crippen molar-refractivity contribution >= 4 is 18.0 Å². The Bertz CT molecular complexity index is 924. The first-order chi connectivity index (χ1) is 13.3. The molecular weight excluding hydrogens is 380 g/mol. The lowest BCUT2D eigenvalue weighted by Crippen LogP contribution is -2.38. The molecule has 146 valence electrons. The lowest BCUT2D eigenvalue weighted by Gasteiger charge is -2.18. The zero-order valence-corrected chi connectivity index (χ0v) is 14.3. The number of carboxylic acid groups (broad SMARTS) is 1. The first-order valence-electron chi connectivity index (χ1n) is 8.24. The molecule has 2 unspecified atom stereocenters. The van der Waals surface area contributed by atoms with E-state index in [0.717, 1.165) is 6.08 Å². The van der Waals surface area contributed by atoms with Gasteiger partial charge >= 0.3 is 6.09 Å². The summed E-state index contributed by atoms with van der Waals surface area (Å²) < 4.78 is 55.1. The number of pyridine rings is 1. The number of benzene rings is 1. The zero-order valence-electron chi connectivity index (χ0n) is 14.3. The van der Waals surface area contributed by atoms with Crippen molar-refractivity contribution in [2.24, 2.45) is 0 Å². The molecule has 0 bridgehead atoms. The first-order valence-corrected chi connectivity index (χ1v) is 8.24. The minimum atomic E-state index is -1.59. The molecule has 0 aliphatic carbocycles. The van der Waals surface area contributed by atoms with Gasteiger partial charge in [0.15, 0.2) is 29.1 Å². The van der Waals surface area contributed by atoms with Gasteiger partial charge in [-0.3, -0.25) is 14.7 Å². The minimum absolute atomic E-state index is 0.0807. The molecule has 1 fully saturated rings. The van der Waals surface area contributed by atoms with Crippen molar-refractivity contribution in [3.05, 3.63) is 71.1 Å². The number of amides is 1. The summed E-state index contributed by atoms with van der Waals surface area (Å²) in [6, 6.07) is 2.16. The molecule has 0 saturated carbocycles. The van der Waals surface area contributed by atoms with Crippen LogP contribution in [0.1, 0.15) is 23.5 Å². The Hall–Kier alpha value is -3.23. The second kappa shape index (κ2) is 7.79. The molecule has 1 N–H and O–H groups in total. The Morgan fingerprint density at radius 2 is 1.86 bits per heavy atom. The van der Waals surface area contributed by atoms with Crippen molar-refractivity contribution in [3.8, 4) is 0 Å². The highest BCUT2D eigenvalue weighted by Gasteiger charge is 2.42. The van der Waals surface area contributed by atoms with Gasteiger partial charge in [0.1, 0.15) is 0 Å². The van der Waals surface area contributed by atoms with Gasteiger partial charge in [-0.25, -0.2) is 22.4 Å². The molecule has 5 nitrogen and oxygen atoms in total. The third-order valence-corrected chi connectivity index (χ3v) is 4.55. The van der Waals surface area contributed by atoms with Crippen LogP contribution in [0.4, 0.5) is 22.4 Å². The molecule has 3 rings (SSSR count). The molecule has 9 heteroatoms. The number of halogens is 4. The maximum Gasteiger partial charge on any atom is 0.407 e. The van der Waals surface area contributed by atoms with Crippen LogP contribution in [-0.2, 0) is 4.79 Å². The van der Waals surface area contributed by atoms with E-state index in [-0.39, 0.29) is 12.5 Å². The van der Waals surface area contributed by atoms with Crippen molar-refractivity contribution in [1.82, 2.24) is 9.88 Å². The summed E-state index contributed by atoms with van der Waals surface area (Å²) in [7, 11) is 0. The lowest BCUT2D eigenvalue weighted by atomic mass is 9.93.